The molecule has 2 heterocycles. The second-order valence-corrected chi connectivity index (χ2v) is 5.80. The summed E-state index contributed by atoms with van der Waals surface area (Å²) < 4.78 is 0. The fraction of sp³-hybridized carbons (Fsp3) is 0.750. The minimum absolute atomic E-state index is 0.807. The van der Waals surface area contributed by atoms with Crippen molar-refractivity contribution in [3.05, 3.63) is 18.1 Å². The molecule has 5 heteroatoms. The molecule has 1 aromatic heterocycles. The highest BCUT2D eigenvalue weighted by atomic mass is 15.2. The minimum Gasteiger partial charge on any atom is -0.355 e. The fourth-order valence-corrected chi connectivity index (χ4v) is 2.85. The molecule has 2 rings (SSSR count). The zero-order valence-electron chi connectivity index (χ0n) is 13.3. The summed E-state index contributed by atoms with van der Waals surface area (Å²) in [5.41, 5.74) is 6.73. The third-order valence-electron chi connectivity index (χ3n) is 4.06. The molecule has 2 N–H and O–H groups in total. The Morgan fingerprint density at radius 2 is 2.05 bits per heavy atom. The molecule has 0 amide bonds. The summed E-state index contributed by atoms with van der Waals surface area (Å²) in [4.78, 5) is 13.8. The molecule has 1 aliphatic rings. The van der Waals surface area contributed by atoms with Gasteiger partial charge >= 0.3 is 0 Å². The highest BCUT2D eigenvalue weighted by molar-refractivity contribution is 5.39. The van der Waals surface area contributed by atoms with Crippen molar-refractivity contribution < 1.29 is 0 Å². The Bertz CT molecular complexity index is 409. The summed E-state index contributed by atoms with van der Waals surface area (Å²) >= 11 is 0. The zero-order valence-corrected chi connectivity index (χ0v) is 13.3. The number of nitrogens with zero attached hydrogens (tertiary/aromatic N) is 4. The Morgan fingerprint density at radius 1 is 1.14 bits per heavy atom. The molecule has 0 radical (unpaired) electrons. The van der Waals surface area contributed by atoms with Crippen LogP contribution in [0.3, 0.4) is 0 Å². The molecule has 0 aliphatic carbocycles. The van der Waals surface area contributed by atoms with E-state index in [-0.39, 0.29) is 0 Å². The number of unbranched alkanes of at least 4 members (excludes halogenated alkanes) is 1. The molecule has 0 spiro atoms. The SMILES string of the molecule is CCCc1cc(N2CCCN(CCCCN)CC2)ncn1. The van der Waals surface area contributed by atoms with Gasteiger partial charge in [0, 0.05) is 31.4 Å². The Balaban J connectivity index is 1.88. The Labute approximate surface area is 128 Å². The van der Waals surface area contributed by atoms with Gasteiger partial charge in [0.1, 0.15) is 12.1 Å². The predicted molar refractivity (Wildman–Crippen MR) is 87.6 cm³/mol. The number of rotatable bonds is 7. The third kappa shape index (κ3) is 5.25. The molecule has 0 atom stereocenters. The summed E-state index contributed by atoms with van der Waals surface area (Å²) in [6.07, 6.45) is 7.43. The minimum atomic E-state index is 0.807. The standard InChI is InChI=1S/C16H29N5/c1-2-6-15-13-16(19-14-18-15)21-10-5-9-20(11-12-21)8-4-3-7-17/h13-14H,2-12,17H2,1H3. The number of hydrogen-bond donors (Lipinski definition) is 1. The second-order valence-electron chi connectivity index (χ2n) is 5.80. The van der Waals surface area contributed by atoms with Crippen LogP contribution in [0.4, 0.5) is 5.82 Å². The number of anilines is 1. The van der Waals surface area contributed by atoms with Gasteiger partial charge < -0.3 is 15.5 Å². The summed E-state index contributed by atoms with van der Waals surface area (Å²) in [6.45, 7) is 8.64. The van der Waals surface area contributed by atoms with Crippen LogP contribution < -0.4 is 10.6 Å². The van der Waals surface area contributed by atoms with Crippen molar-refractivity contribution >= 4 is 5.82 Å². The lowest BCUT2D eigenvalue weighted by Crippen LogP contribution is -2.32. The maximum atomic E-state index is 5.57. The molecule has 0 bridgehead atoms. The maximum absolute atomic E-state index is 5.57. The zero-order chi connectivity index (χ0) is 14.9. The van der Waals surface area contributed by atoms with Crippen LogP contribution >= 0.6 is 0 Å². The predicted octanol–water partition coefficient (Wildman–Crippen LogP) is 1.68. The van der Waals surface area contributed by atoms with E-state index in [1.807, 2.05) is 0 Å². The van der Waals surface area contributed by atoms with Gasteiger partial charge in [-0.25, -0.2) is 9.97 Å². The van der Waals surface area contributed by atoms with Crippen LogP contribution in [0.15, 0.2) is 12.4 Å². The monoisotopic (exact) mass is 291 g/mol. The highest BCUT2D eigenvalue weighted by Gasteiger charge is 2.16. The molecular weight excluding hydrogens is 262 g/mol. The van der Waals surface area contributed by atoms with Gasteiger partial charge in [0.25, 0.3) is 0 Å². The van der Waals surface area contributed by atoms with Crippen LogP contribution in [0.5, 0.6) is 0 Å². The van der Waals surface area contributed by atoms with Gasteiger partial charge in [0.15, 0.2) is 0 Å². The fourth-order valence-electron chi connectivity index (χ4n) is 2.85. The molecule has 0 unspecified atom stereocenters. The Hall–Kier alpha value is -1.20. The van der Waals surface area contributed by atoms with Crippen molar-refractivity contribution in [2.45, 2.75) is 39.0 Å². The summed E-state index contributed by atoms with van der Waals surface area (Å²) in [5, 5.41) is 0. The Kier molecular flexibility index (Phi) is 6.89. The smallest absolute Gasteiger partial charge is 0.132 e. The highest BCUT2D eigenvalue weighted by Crippen LogP contribution is 2.15. The molecular formula is C16H29N5. The number of aromatic nitrogens is 2. The third-order valence-corrected chi connectivity index (χ3v) is 4.06. The van der Waals surface area contributed by atoms with Gasteiger partial charge in [0.2, 0.25) is 0 Å². The largest absolute Gasteiger partial charge is 0.355 e. The van der Waals surface area contributed by atoms with Crippen LogP contribution in [-0.4, -0.2) is 54.1 Å². The van der Waals surface area contributed by atoms with E-state index in [1.54, 1.807) is 6.33 Å². The van der Waals surface area contributed by atoms with Crippen molar-refractivity contribution in [2.24, 2.45) is 5.73 Å². The lowest BCUT2D eigenvalue weighted by atomic mass is 10.2. The Morgan fingerprint density at radius 3 is 2.86 bits per heavy atom. The lowest BCUT2D eigenvalue weighted by molar-refractivity contribution is 0.288. The van der Waals surface area contributed by atoms with E-state index < -0.39 is 0 Å². The van der Waals surface area contributed by atoms with E-state index in [0.29, 0.717) is 0 Å². The van der Waals surface area contributed by atoms with Crippen molar-refractivity contribution in [2.75, 3.05) is 44.2 Å². The molecule has 118 valence electrons. The number of hydrogen-bond acceptors (Lipinski definition) is 5. The summed E-state index contributed by atoms with van der Waals surface area (Å²) in [5.74, 6) is 1.09. The quantitative estimate of drug-likeness (QED) is 0.775. The first-order chi connectivity index (χ1) is 10.3. The van der Waals surface area contributed by atoms with Crippen LogP contribution in [0.1, 0.15) is 38.3 Å². The molecule has 1 aliphatic heterocycles. The first-order valence-corrected chi connectivity index (χ1v) is 8.31. The van der Waals surface area contributed by atoms with Crippen LogP contribution in [0.25, 0.3) is 0 Å². The molecule has 0 aromatic carbocycles. The molecule has 1 aromatic rings. The van der Waals surface area contributed by atoms with Crippen LogP contribution in [-0.2, 0) is 6.42 Å². The first-order valence-electron chi connectivity index (χ1n) is 8.31. The lowest BCUT2D eigenvalue weighted by Gasteiger charge is -2.22. The molecule has 21 heavy (non-hydrogen) atoms. The average Bonchev–Trinajstić information content (AvgIpc) is 2.74. The van der Waals surface area contributed by atoms with E-state index in [0.717, 1.165) is 57.0 Å². The normalized spacial score (nSPS) is 17.0. The number of nitrogens with two attached hydrogens (primary N) is 1. The van der Waals surface area contributed by atoms with Crippen molar-refractivity contribution in [1.82, 2.24) is 14.9 Å². The molecule has 5 nitrogen and oxygen atoms in total. The molecule has 1 saturated heterocycles. The summed E-state index contributed by atoms with van der Waals surface area (Å²) in [7, 11) is 0. The van der Waals surface area contributed by atoms with E-state index in [1.165, 1.54) is 25.9 Å². The molecule has 0 saturated carbocycles. The van der Waals surface area contributed by atoms with Crippen molar-refractivity contribution in [1.29, 1.82) is 0 Å². The van der Waals surface area contributed by atoms with E-state index in [4.69, 9.17) is 5.73 Å². The van der Waals surface area contributed by atoms with Gasteiger partial charge in [-0.05, 0) is 45.3 Å². The van der Waals surface area contributed by atoms with E-state index in [2.05, 4.69) is 32.8 Å². The van der Waals surface area contributed by atoms with E-state index >= 15 is 0 Å². The topological polar surface area (TPSA) is 58.3 Å². The van der Waals surface area contributed by atoms with Crippen LogP contribution in [0, 0.1) is 0 Å². The van der Waals surface area contributed by atoms with Gasteiger partial charge in [-0.3, -0.25) is 0 Å². The average molecular weight is 291 g/mol. The summed E-state index contributed by atoms with van der Waals surface area (Å²) in [6, 6.07) is 2.16. The van der Waals surface area contributed by atoms with Gasteiger partial charge in [-0.2, -0.15) is 0 Å². The maximum Gasteiger partial charge on any atom is 0.132 e. The van der Waals surface area contributed by atoms with Gasteiger partial charge in [0.05, 0.1) is 0 Å². The van der Waals surface area contributed by atoms with Crippen LogP contribution in [0.2, 0.25) is 0 Å². The second kappa shape index (κ2) is 8.95. The number of aryl methyl sites for hydroxylation is 1. The van der Waals surface area contributed by atoms with Crippen molar-refractivity contribution in [3.8, 4) is 0 Å². The van der Waals surface area contributed by atoms with E-state index in [9.17, 15) is 0 Å². The molecule has 1 fully saturated rings. The van der Waals surface area contributed by atoms with Gasteiger partial charge in [-0.15, -0.1) is 0 Å². The first kappa shape index (κ1) is 16.2. The van der Waals surface area contributed by atoms with Crippen molar-refractivity contribution in [3.63, 3.8) is 0 Å². The van der Waals surface area contributed by atoms with Gasteiger partial charge in [-0.1, -0.05) is 13.3 Å².